The first-order valence-electron chi connectivity index (χ1n) is 11.4. The predicted molar refractivity (Wildman–Crippen MR) is 119 cm³/mol. The topological polar surface area (TPSA) is 91.0 Å². The van der Waals surface area contributed by atoms with Crippen LogP contribution in [0.15, 0.2) is 24.3 Å². The van der Waals surface area contributed by atoms with Crippen LogP contribution in [0.2, 0.25) is 0 Å². The Bertz CT molecular complexity index is 753. The number of amides is 4. The maximum atomic E-state index is 12.8. The minimum atomic E-state index is -0.642. The molecule has 0 radical (unpaired) electrons. The number of piperidine rings is 2. The van der Waals surface area contributed by atoms with Crippen LogP contribution >= 0.6 is 0 Å². The van der Waals surface area contributed by atoms with Gasteiger partial charge in [0.1, 0.15) is 11.8 Å². The summed E-state index contributed by atoms with van der Waals surface area (Å²) in [5.41, 5.74) is 0.623. The molecule has 4 amide bonds. The molecule has 1 atom stereocenters. The lowest BCUT2D eigenvalue weighted by Gasteiger charge is -2.36. The predicted octanol–water partition coefficient (Wildman–Crippen LogP) is 2.85. The van der Waals surface area contributed by atoms with Crippen molar-refractivity contribution in [3.8, 4) is 5.75 Å². The summed E-state index contributed by atoms with van der Waals surface area (Å²) in [7, 11) is 0. The van der Waals surface area contributed by atoms with Crippen LogP contribution < -0.4 is 15.4 Å². The van der Waals surface area contributed by atoms with Crippen molar-refractivity contribution in [2.75, 3.05) is 38.1 Å². The third-order valence-electron chi connectivity index (χ3n) is 5.96. The number of nitrogens with one attached hydrogen (secondary N) is 2. The molecule has 0 bridgehead atoms. The highest BCUT2D eigenvalue weighted by atomic mass is 16.5. The molecule has 8 heteroatoms. The van der Waals surface area contributed by atoms with Crippen LogP contribution in [-0.4, -0.2) is 66.5 Å². The number of carbonyl (C=O) groups excluding carboxylic acids is 3. The fourth-order valence-corrected chi connectivity index (χ4v) is 4.22. The molecule has 2 aliphatic rings. The number of likely N-dealkylation sites (tertiary alicyclic amines) is 2. The average Bonchev–Trinajstić information content (AvgIpc) is 2.80. The number of nitrogens with zero attached hydrogens (tertiary/aromatic N) is 2. The van der Waals surface area contributed by atoms with Gasteiger partial charge in [0.25, 0.3) is 0 Å². The number of hydrogen-bond acceptors (Lipinski definition) is 4. The zero-order valence-electron chi connectivity index (χ0n) is 18.6. The first kappa shape index (κ1) is 22.9. The minimum absolute atomic E-state index is 0.00775. The van der Waals surface area contributed by atoms with Crippen LogP contribution in [0, 0.1) is 5.92 Å². The van der Waals surface area contributed by atoms with E-state index in [9.17, 15) is 14.4 Å². The Labute approximate surface area is 184 Å². The van der Waals surface area contributed by atoms with Crippen molar-refractivity contribution in [1.29, 1.82) is 0 Å². The van der Waals surface area contributed by atoms with Gasteiger partial charge in [-0.05, 0) is 70.2 Å². The van der Waals surface area contributed by atoms with Crippen molar-refractivity contribution in [1.82, 2.24) is 15.1 Å². The lowest BCUT2D eigenvalue weighted by molar-refractivity contribution is -0.141. The molecule has 2 saturated heterocycles. The third kappa shape index (κ3) is 6.35. The van der Waals surface area contributed by atoms with E-state index in [1.54, 1.807) is 36.1 Å². The van der Waals surface area contributed by atoms with Crippen LogP contribution in [0.25, 0.3) is 0 Å². The van der Waals surface area contributed by atoms with Crippen molar-refractivity contribution in [2.24, 2.45) is 5.92 Å². The summed E-state index contributed by atoms with van der Waals surface area (Å²) in [6, 6.07) is 5.99. The number of ether oxygens (including phenoxy) is 1. The number of hydrogen-bond donors (Lipinski definition) is 2. The molecule has 0 unspecified atom stereocenters. The molecule has 0 spiro atoms. The molecule has 0 aliphatic carbocycles. The Morgan fingerprint density at radius 1 is 1.00 bits per heavy atom. The molecule has 170 valence electrons. The van der Waals surface area contributed by atoms with Gasteiger partial charge in [0.2, 0.25) is 11.8 Å². The van der Waals surface area contributed by atoms with Gasteiger partial charge in [-0.1, -0.05) is 0 Å². The number of urea groups is 1. The van der Waals surface area contributed by atoms with Crippen LogP contribution in [0.1, 0.15) is 46.0 Å². The van der Waals surface area contributed by atoms with Gasteiger partial charge in [-0.3, -0.25) is 9.59 Å². The summed E-state index contributed by atoms with van der Waals surface area (Å²) >= 11 is 0. The highest BCUT2D eigenvalue weighted by Crippen LogP contribution is 2.22. The number of rotatable bonds is 6. The Morgan fingerprint density at radius 2 is 1.65 bits per heavy atom. The molecular formula is C23H34N4O4. The summed E-state index contributed by atoms with van der Waals surface area (Å²) in [5, 5.41) is 5.43. The SMILES string of the molecule is CCOc1ccc(NC(=O)N[C@@H](C)C(=O)N2CCC(C(=O)N3CCCCC3)CC2)cc1. The Balaban J connectivity index is 1.42. The maximum absolute atomic E-state index is 12.8. The molecule has 1 aromatic rings. The second kappa shape index (κ2) is 11.0. The highest BCUT2D eigenvalue weighted by Gasteiger charge is 2.32. The first-order valence-corrected chi connectivity index (χ1v) is 11.4. The van der Waals surface area contributed by atoms with E-state index in [1.165, 1.54) is 6.42 Å². The van der Waals surface area contributed by atoms with Gasteiger partial charge in [-0.2, -0.15) is 0 Å². The molecule has 0 aromatic heterocycles. The summed E-state index contributed by atoms with van der Waals surface area (Å²) < 4.78 is 5.38. The fourth-order valence-electron chi connectivity index (χ4n) is 4.22. The number of carbonyl (C=O) groups is 3. The van der Waals surface area contributed by atoms with Gasteiger partial charge in [-0.15, -0.1) is 0 Å². The van der Waals surface area contributed by atoms with E-state index in [0.29, 0.717) is 38.2 Å². The molecular weight excluding hydrogens is 396 g/mol. The third-order valence-corrected chi connectivity index (χ3v) is 5.96. The molecule has 2 fully saturated rings. The maximum Gasteiger partial charge on any atom is 0.319 e. The smallest absolute Gasteiger partial charge is 0.319 e. The molecule has 2 N–H and O–H groups in total. The first-order chi connectivity index (χ1) is 15.0. The Hall–Kier alpha value is -2.77. The zero-order valence-corrected chi connectivity index (χ0v) is 18.6. The number of anilines is 1. The molecule has 31 heavy (non-hydrogen) atoms. The summed E-state index contributed by atoms with van der Waals surface area (Å²) in [4.78, 5) is 41.4. The van der Waals surface area contributed by atoms with Crippen molar-refractivity contribution in [3.63, 3.8) is 0 Å². The molecule has 2 heterocycles. The monoisotopic (exact) mass is 430 g/mol. The lowest BCUT2D eigenvalue weighted by Crippen LogP contribution is -2.51. The second-order valence-electron chi connectivity index (χ2n) is 8.26. The van der Waals surface area contributed by atoms with Crippen molar-refractivity contribution >= 4 is 23.5 Å². The van der Waals surface area contributed by atoms with Crippen molar-refractivity contribution in [3.05, 3.63) is 24.3 Å². The van der Waals surface area contributed by atoms with E-state index in [-0.39, 0.29) is 17.7 Å². The van der Waals surface area contributed by atoms with E-state index < -0.39 is 12.1 Å². The van der Waals surface area contributed by atoms with Crippen LogP contribution in [0.4, 0.5) is 10.5 Å². The Morgan fingerprint density at radius 3 is 2.26 bits per heavy atom. The molecule has 1 aromatic carbocycles. The standard InChI is InChI=1S/C23H34N4O4/c1-3-31-20-9-7-19(8-10-20)25-23(30)24-17(2)21(28)27-15-11-18(12-16-27)22(29)26-13-5-4-6-14-26/h7-10,17-18H,3-6,11-16H2,1-2H3,(H2,24,25,30)/t17-/m0/s1. The summed E-state index contributed by atoms with van der Waals surface area (Å²) in [5.74, 6) is 0.867. The zero-order chi connectivity index (χ0) is 22.2. The number of benzene rings is 1. The van der Waals surface area contributed by atoms with Gasteiger partial charge >= 0.3 is 6.03 Å². The largest absolute Gasteiger partial charge is 0.494 e. The highest BCUT2D eigenvalue weighted by molar-refractivity contribution is 5.93. The van der Waals surface area contributed by atoms with Gasteiger partial charge in [0.15, 0.2) is 0 Å². The van der Waals surface area contributed by atoms with Crippen molar-refractivity contribution < 1.29 is 19.1 Å². The molecule has 0 saturated carbocycles. The van der Waals surface area contributed by atoms with Crippen LogP contribution in [0.5, 0.6) is 5.75 Å². The van der Waals surface area contributed by atoms with Crippen molar-refractivity contribution in [2.45, 2.75) is 52.0 Å². The Kier molecular flexibility index (Phi) is 8.14. The summed E-state index contributed by atoms with van der Waals surface area (Å²) in [6.45, 7) is 7.00. The van der Waals surface area contributed by atoms with Gasteiger partial charge in [0.05, 0.1) is 6.61 Å². The molecule has 2 aliphatic heterocycles. The quantitative estimate of drug-likeness (QED) is 0.726. The minimum Gasteiger partial charge on any atom is -0.494 e. The van der Waals surface area contributed by atoms with Crippen LogP contribution in [-0.2, 0) is 9.59 Å². The molecule has 8 nitrogen and oxygen atoms in total. The van der Waals surface area contributed by atoms with E-state index in [1.807, 2.05) is 11.8 Å². The molecule has 3 rings (SSSR count). The van der Waals surface area contributed by atoms with E-state index in [0.717, 1.165) is 31.7 Å². The summed E-state index contributed by atoms with van der Waals surface area (Å²) in [6.07, 6.45) is 4.75. The van der Waals surface area contributed by atoms with E-state index in [4.69, 9.17) is 4.74 Å². The van der Waals surface area contributed by atoms with Gasteiger partial charge < -0.3 is 25.2 Å². The second-order valence-corrected chi connectivity index (χ2v) is 8.26. The van der Waals surface area contributed by atoms with Gasteiger partial charge in [0, 0.05) is 37.8 Å². The van der Waals surface area contributed by atoms with Crippen LogP contribution in [0.3, 0.4) is 0 Å². The normalized spacial score (nSPS) is 18.3. The fraction of sp³-hybridized carbons (Fsp3) is 0.609. The lowest BCUT2D eigenvalue weighted by atomic mass is 9.94. The van der Waals surface area contributed by atoms with E-state index >= 15 is 0 Å². The van der Waals surface area contributed by atoms with E-state index in [2.05, 4.69) is 10.6 Å². The van der Waals surface area contributed by atoms with Gasteiger partial charge in [-0.25, -0.2) is 4.79 Å². The average molecular weight is 431 g/mol.